The number of aryl methyl sites for hydroxylation is 1. The maximum atomic E-state index is 12.1. The van der Waals surface area contributed by atoms with Crippen LogP contribution in [0.25, 0.3) is 0 Å². The second-order valence-corrected chi connectivity index (χ2v) is 6.98. The zero-order chi connectivity index (χ0) is 15.2. The molecule has 0 bridgehead atoms. The van der Waals surface area contributed by atoms with Crippen molar-refractivity contribution in [3.05, 3.63) is 23.8 Å². The molecule has 3 N–H and O–H groups in total. The molecule has 0 heterocycles. The fourth-order valence-electron chi connectivity index (χ4n) is 1.68. The van der Waals surface area contributed by atoms with Crippen LogP contribution in [0.4, 0.5) is 5.69 Å². The van der Waals surface area contributed by atoms with E-state index < -0.39 is 10.0 Å². The van der Waals surface area contributed by atoms with Crippen LogP contribution in [0.15, 0.2) is 23.1 Å². The molecule has 0 aromatic heterocycles. The summed E-state index contributed by atoms with van der Waals surface area (Å²) in [6.45, 7) is 7.50. The van der Waals surface area contributed by atoms with Gasteiger partial charge in [0.05, 0.1) is 4.90 Å². The van der Waals surface area contributed by atoms with Crippen LogP contribution in [0.2, 0.25) is 0 Å². The Hall–Kier alpha value is -1.11. The number of anilines is 1. The van der Waals surface area contributed by atoms with Gasteiger partial charge in [-0.05, 0) is 37.0 Å². The van der Waals surface area contributed by atoms with Crippen LogP contribution in [0.3, 0.4) is 0 Å². The summed E-state index contributed by atoms with van der Waals surface area (Å²) in [6.07, 6.45) is 0.646. The Balaban J connectivity index is 2.48. The van der Waals surface area contributed by atoms with Crippen LogP contribution >= 0.6 is 0 Å². The van der Waals surface area contributed by atoms with Gasteiger partial charge in [0, 0.05) is 25.4 Å². The third kappa shape index (κ3) is 5.48. The van der Waals surface area contributed by atoms with E-state index in [-0.39, 0.29) is 4.90 Å². The third-order valence-corrected chi connectivity index (χ3v) is 4.31. The first-order chi connectivity index (χ1) is 9.33. The van der Waals surface area contributed by atoms with Gasteiger partial charge in [-0.1, -0.05) is 19.9 Å². The molecular formula is C14H24N2O3S. The SMILES string of the molecule is Cc1ccc(N)cc1S(=O)(=O)NCCCOCC(C)C. The zero-order valence-corrected chi connectivity index (χ0v) is 13.2. The van der Waals surface area contributed by atoms with Crippen LogP contribution in [0, 0.1) is 12.8 Å². The van der Waals surface area contributed by atoms with E-state index in [1.165, 1.54) is 6.07 Å². The van der Waals surface area contributed by atoms with Gasteiger partial charge in [-0.3, -0.25) is 0 Å². The standard InChI is InChI=1S/C14H24N2O3S/c1-11(2)10-19-8-4-7-16-20(17,18)14-9-13(15)6-5-12(14)3/h5-6,9,11,16H,4,7-8,10,15H2,1-3H3. The molecule has 1 rings (SSSR count). The van der Waals surface area contributed by atoms with Gasteiger partial charge in [-0.25, -0.2) is 13.1 Å². The molecule has 0 aliphatic heterocycles. The molecule has 5 nitrogen and oxygen atoms in total. The van der Waals surface area contributed by atoms with E-state index in [0.29, 0.717) is 43.3 Å². The average molecular weight is 300 g/mol. The Bertz CT molecular complexity index is 527. The molecule has 0 aliphatic carbocycles. The highest BCUT2D eigenvalue weighted by Crippen LogP contribution is 2.17. The first kappa shape index (κ1) is 16.9. The molecule has 0 amide bonds. The molecule has 114 valence electrons. The number of benzene rings is 1. The van der Waals surface area contributed by atoms with E-state index >= 15 is 0 Å². The first-order valence-electron chi connectivity index (χ1n) is 6.76. The third-order valence-electron chi connectivity index (χ3n) is 2.71. The molecule has 0 fully saturated rings. The summed E-state index contributed by atoms with van der Waals surface area (Å²) in [5, 5.41) is 0. The van der Waals surface area contributed by atoms with Crippen molar-refractivity contribution in [2.75, 3.05) is 25.5 Å². The van der Waals surface area contributed by atoms with Crippen LogP contribution in [-0.2, 0) is 14.8 Å². The largest absolute Gasteiger partial charge is 0.399 e. The number of nitrogens with two attached hydrogens (primary N) is 1. The molecule has 1 aromatic rings. The van der Waals surface area contributed by atoms with Gasteiger partial charge in [-0.15, -0.1) is 0 Å². The van der Waals surface area contributed by atoms with Crippen molar-refractivity contribution in [2.24, 2.45) is 5.92 Å². The molecule has 0 saturated heterocycles. The van der Waals surface area contributed by atoms with Gasteiger partial charge in [0.25, 0.3) is 0 Å². The molecule has 1 aromatic carbocycles. The van der Waals surface area contributed by atoms with E-state index in [1.807, 2.05) is 0 Å². The first-order valence-corrected chi connectivity index (χ1v) is 8.25. The quantitative estimate of drug-likeness (QED) is 0.567. The number of rotatable bonds is 8. The minimum Gasteiger partial charge on any atom is -0.399 e. The lowest BCUT2D eigenvalue weighted by atomic mass is 10.2. The van der Waals surface area contributed by atoms with Crippen molar-refractivity contribution in [3.63, 3.8) is 0 Å². The second kappa shape index (κ2) is 7.61. The monoisotopic (exact) mass is 300 g/mol. The highest BCUT2D eigenvalue weighted by molar-refractivity contribution is 7.89. The minimum atomic E-state index is -3.50. The lowest BCUT2D eigenvalue weighted by Gasteiger charge is -2.10. The van der Waals surface area contributed by atoms with Crippen molar-refractivity contribution in [2.45, 2.75) is 32.1 Å². The molecule has 0 radical (unpaired) electrons. The molecule has 20 heavy (non-hydrogen) atoms. The number of hydrogen-bond donors (Lipinski definition) is 2. The summed E-state index contributed by atoms with van der Waals surface area (Å²) >= 11 is 0. The normalized spacial score (nSPS) is 12.0. The van der Waals surface area contributed by atoms with Crippen molar-refractivity contribution in [1.82, 2.24) is 4.72 Å². The summed E-state index contributed by atoms with van der Waals surface area (Å²) in [5.41, 5.74) is 6.76. The second-order valence-electron chi connectivity index (χ2n) is 5.25. The minimum absolute atomic E-state index is 0.237. The number of nitrogen functional groups attached to an aromatic ring is 1. The van der Waals surface area contributed by atoms with E-state index in [1.54, 1.807) is 19.1 Å². The molecule has 0 spiro atoms. The van der Waals surface area contributed by atoms with Crippen molar-refractivity contribution >= 4 is 15.7 Å². The van der Waals surface area contributed by atoms with Crippen LogP contribution in [0.1, 0.15) is 25.8 Å². The molecule has 0 aliphatic rings. The summed E-state index contributed by atoms with van der Waals surface area (Å²) in [5.74, 6) is 0.488. The Labute approximate surface area is 121 Å². The predicted octanol–water partition coefficient (Wildman–Crippen LogP) is 1.92. The highest BCUT2D eigenvalue weighted by atomic mass is 32.2. The van der Waals surface area contributed by atoms with Crippen molar-refractivity contribution in [1.29, 1.82) is 0 Å². The van der Waals surface area contributed by atoms with E-state index in [4.69, 9.17) is 10.5 Å². The van der Waals surface area contributed by atoms with Crippen LogP contribution in [0.5, 0.6) is 0 Å². The van der Waals surface area contributed by atoms with E-state index in [9.17, 15) is 8.42 Å². The van der Waals surface area contributed by atoms with Gasteiger partial charge in [-0.2, -0.15) is 0 Å². The summed E-state index contributed by atoms with van der Waals surface area (Å²) < 4.78 is 32.2. The average Bonchev–Trinajstić information content (AvgIpc) is 2.36. The van der Waals surface area contributed by atoms with E-state index in [2.05, 4.69) is 18.6 Å². The van der Waals surface area contributed by atoms with Crippen molar-refractivity contribution < 1.29 is 13.2 Å². The van der Waals surface area contributed by atoms with E-state index in [0.717, 1.165) is 0 Å². The Morgan fingerprint density at radius 1 is 1.35 bits per heavy atom. The fourth-order valence-corrected chi connectivity index (χ4v) is 3.04. The molecule has 0 atom stereocenters. The van der Waals surface area contributed by atoms with Gasteiger partial charge >= 0.3 is 0 Å². The number of ether oxygens (including phenoxy) is 1. The number of sulfonamides is 1. The van der Waals surface area contributed by atoms with Crippen LogP contribution in [-0.4, -0.2) is 28.2 Å². The lowest BCUT2D eigenvalue weighted by Crippen LogP contribution is -2.26. The maximum absolute atomic E-state index is 12.1. The molecule has 0 unspecified atom stereocenters. The molecular weight excluding hydrogens is 276 g/mol. The number of nitrogens with one attached hydrogen (secondary N) is 1. The van der Waals surface area contributed by atoms with Gasteiger partial charge in [0.2, 0.25) is 10.0 Å². The highest BCUT2D eigenvalue weighted by Gasteiger charge is 2.16. The fraction of sp³-hybridized carbons (Fsp3) is 0.571. The zero-order valence-electron chi connectivity index (χ0n) is 12.3. The lowest BCUT2D eigenvalue weighted by molar-refractivity contribution is 0.108. The smallest absolute Gasteiger partial charge is 0.240 e. The Morgan fingerprint density at radius 3 is 2.70 bits per heavy atom. The Kier molecular flexibility index (Phi) is 6.45. The molecule has 6 heteroatoms. The predicted molar refractivity (Wildman–Crippen MR) is 81.1 cm³/mol. The van der Waals surface area contributed by atoms with Crippen LogP contribution < -0.4 is 10.5 Å². The van der Waals surface area contributed by atoms with Gasteiger partial charge in [0.15, 0.2) is 0 Å². The number of hydrogen-bond acceptors (Lipinski definition) is 4. The summed E-state index contributed by atoms with van der Waals surface area (Å²) in [6, 6.07) is 4.87. The summed E-state index contributed by atoms with van der Waals surface area (Å²) in [7, 11) is -3.50. The maximum Gasteiger partial charge on any atom is 0.240 e. The van der Waals surface area contributed by atoms with Gasteiger partial charge < -0.3 is 10.5 Å². The summed E-state index contributed by atoms with van der Waals surface area (Å²) in [4.78, 5) is 0.237. The Morgan fingerprint density at radius 2 is 2.05 bits per heavy atom. The van der Waals surface area contributed by atoms with Crippen molar-refractivity contribution in [3.8, 4) is 0 Å². The molecule has 0 saturated carbocycles. The van der Waals surface area contributed by atoms with Gasteiger partial charge in [0.1, 0.15) is 0 Å². The topological polar surface area (TPSA) is 81.4 Å².